The first-order chi connectivity index (χ1) is 9.17. The van der Waals surface area contributed by atoms with Gasteiger partial charge in [0.05, 0.1) is 6.04 Å². The Morgan fingerprint density at radius 2 is 2.21 bits per heavy atom. The van der Waals surface area contributed by atoms with Gasteiger partial charge in [0.25, 0.3) is 0 Å². The van der Waals surface area contributed by atoms with Crippen LogP contribution in [-0.2, 0) is 0 Å². The predicted molar refractivity (Wildman–Crippen MR) is 86.7 cm³/mol. The van der Waals surface area contributed by atoms with Gasteiger partial charge in [-0.2, -0.15) is 0 Å². The lowest BCUT2D eigenvalue weighted by molar-refractivity contribution is 0.102. The lowest BCUT2D eigenvalue weighted by atomic mass is 10.0. The number of rotatable bonds is 5. The topological polar surface area (TPSA) is 32.5 Å². The number of nitrogens with two attached hydrogens (primary N) is 1. The highest BCUT2D eigenvalue weighted by Crippen LogP contribution is 2.33. The molecule has 0 amide bonds. The van der Waals surface area contributed by atoms with Crippen molar-refractivity contribution in [3.05, 3.63) is 20.8 Å². The molecule has 0 spiro atoms. The van der Waals surface area contributed by atoms with Gasteiger partial charge in [-0.05, 0) is 66.9 Å². The van der Waals surface area contributed by atoms with Crippen LogP contribution in [0.1, 0.15) is 30.7 Å². The first-order valence-corrected chi connectivity index (χ1v) is 8.71. The molecule has 0 saturated carbocycles. The summed E-state index contributed by atoms with van der Waals surface area (Å²) >= 11 is 5.44. The summed E-state index contributed by atoms with van der Waals surface area (Å²) in [6.07, 6.45) is 2.51. The van der Waals surface area contributed by atoms with E-state index in [0.717, 1.165) is 0 Å². The Hall–Kier alpha value is 0.0600. The number of thiophene rings is 1. The van der Waals surface area contributed by atoms with Crippen molar-refractivity contribution in [2.24, 2.45) is 5.73 Å². The predicted octanol–water partition coefficient (Wildman–Crippen LogP) is 2.93. The van der Waals surface area contributed by atoms with Crippen molar-refractivity contribution in [3.8, 4) is 0 Å². The van der Waals surface area contributed by atoms with Crippen LogP contribution in [0.4, 0.5) is 0 Å². The molecule has 108 valence electrons. The van der Waals surface area contributed by atoms with E-state index in [2.05, 4.69) is 51.1 Å². The van der Waals surface area contributed by atoms with Crippen molar-refractivity contribution in [2.45, 2.75) is 31.8 Å². The number of piperidine rings is 1. The van der Waals surface area contributed by atoms with Crippen LogP contribution >= 0.6 is 27.3 Å². The summed E-state index contributed by atoms with van der Waals surface area (Å²) < 4.78 is 1.20. The standard InChI is InChI=1S/C14H24BrN3S/c1-3-18-7-4-11(5-8-18)17(2)13(10-16)14-12(15)6-9-19-14/h6,9,11,13H,3-5,7-8,10,16H2,1-2H3. The quantitative estimate of drug-likeness (QED) is 0.890. The van der Waals surface area contributed by atoms with Gasteiger partial charge in [0.2, 0.25) is 0 Å². The van der Waals surface area contributed by atoms with Gasteiger partial charge in [-0.1, -0.05) is 6.92 Å². The van der Waals surface area contributed by atoms with Gasteiger partial charge >= 0.3 is 0 Å². The number of halogens is 1. The Labute approximate surface area is 128 Å². The molecule has 1 unspecified atom stereocenters. The molecule has 0 radical (unpaired) electrons. The van der Waals surface area contributed by atoms with E-state index in [4.69, 9.17) is 5.73 Å². The molecule has 1 atom stereocenters. The average Bonchev–Trinajstić information content (AvgIpc) is 2.86. The lowest BCUT2D eigenvalue weighted by Gasteiger charge is -2.39. The zero-order chi connectivity index (χ0) is 13.8. The molecule has 1 fully saturated rings. The van der Waals surface area contributed by atoms with Crippen molar-refractivity contribution >= 4 is 27.3 Å². The van der Waals surface area contributed by atoms with Gasteiger partial charge in [0, 0.05) is 21.9 Å². The second-order valence-electron chi connectivity index (χ2n) is 5.22. The molecule has 1 saturated heterocycles. The van der Waals surface area contributed by atoms with Gasteiger partial charge in [-0.15, -0.1) is 11.3 Å². The smallest absolute Gasteiger partial charge is 0.0575 e. The molecular weight excluding hydrogens is 322 g/mol. The summed E-state index contributed by atoms with van der Waals surface area (Å²) in [7, 11) is 2.23. The van der Waals surface area contributed by atoms with E-state index >= 15 is 0 Å². The second kappa shape index (κ2) is 7.18. The summed E-state index contributed by atoms with van der Waals surface area (Å²) in [5.74, 6) is 0. The van der Waals surface area contributed by atoms with Crippen LogP contribution in [0.15, 0.2) is 15.9 Å². The molecule has 0 aliphatic carbocycles. The van der Waals surface area contributed by atoms with E-state index in [1.807, 2.05) is 0 Å². The first kappa shape index (κ1) is 15.4. The molecule has 0 aromatic carbocycles. The molecular formula is C14H24BrN3S. The highest BCUT2D eigenvalue weighted by atomic mass is 79.9. The van der Waals surface area contributed by atoms with Crippen LogP contribution in [0.2, 0.25) is 0 Å². The zero-order valence-corrected chi connectivity index (χ0v) is 14.2. The molecule has 1 aliphatic heterocycles. The Morgan fingerprint density at radius 1 is 1.53 bits per heavy atom. The maximum absolute atomic E-state index is 6.03. The number of hydrogen-bond acceptors (Lipinski definition) is 4. The number of nitrogens with zero attached hydrogens (tertiary/aromatic N) is 2. The van der Waals surface area contributed by atoms with E-state index in [1.54, 1.807) is 11.3 Å². The summed E-state index contributed by atoms with van der Waals surface area (Å²) in [6.45, 7) is 6.54. The Morgan fingerprint density at radius 3 is 2.68 bits per heavy atom. The van der Waals surface area contributed by atoms with E-state index in [-0.39, 0.29) is 0 Å². The third-order valence-corrected chi connectivity index (χ3v) is 6.21. The zero-order valence-electron chi connectivity index (χ0n) is 11.8. The Balaban J connectivity index is 2.02. The fourth-order valence-corrected chi connectivity index (χ4v) is 4.70. The largest absolute Gasteiger partial charge is 0.329 e. The van der Waals surface area contributed by atoms with Crippen molar-refractivity contribution < 1.29 is 0 Å². The van der Waals surface area contributed by atoms with Crippen molar-refractivity contribution in [1.82, 2.24) is 9.80 Å². The molecule has 1 aromatic heterocycles. The highest BCUT2D eigenvalue weighted by Gasteiger charge is 2.28. The Kier molecular flexibility index (Phi) is 5.84. The Bertz CT molecular complexity index is 388. The maximum Gasteiger partial charge on any atom is 0.0575 e. The molecule has 1 aromatic rings. The summed E-state index contributed by atoms with van der Waals surface area (Å²) in [4.78, 5) is 6.38. The fraction of sp³-hybridized carbons (Fsp3) is 0.714. The van der Waals surface area contributed by atoms with E-state index in [9.17, 15) is 0 Å². The molecule has 2 heterocycles. The third-order valence-electron chi connectivity index (χ3n) is 4.24. The van der Waals surface area contributed by atoms with Crippen LogP contribution in [0.25, 0.3) is 0 Å². The van der Waals surface area contributed by atoms with Gasteiger partial charge in [0.1, 0.15) is 0 Å². The van der Waals surface area contributed by atoms with E-state index < -0.39 is 0 Å². The van der Waals surface area contributed by atoms with Gasteiger partial charge in [0.15, 0.2) is 0 Å². The summed E-state index contributed by atoms with van der Waals surface area (Å²) in [5, 5.41) is 2.13. The minimum absolute atomic E-state index is 0.340. The third kappa shape index (κ3) is 3.58. The lowest BCUT2D eigenvalue weighted by Crippen LogP contribution is -2.45. The monoisotopic (exact) mass is 345 g/mol. The molecule has 19 heavy (non-hydrogen) atoms. The van der Waals surface area contributed by atoms with Gasteiger partial charge in [-0.25, -0.2) is 0 Å². The molecule has 2 N–H and O–H groups in total. The first-order valence-electron chi connectivity index (χ1n) is 7.04. The summed E-state index contributed by atoms with van der Waals surface area (Å²) in [5.41, 5.74) is 6.03. The van der Waals surface area contributed by atoms with Crippen LogP contribution in [0.5, 0.6) is 0 Å². The average molecular weight is 346 g/mol. The number of likely N-dealkylation sites (tertiary alicyclic amines) is 1. The highest BCUT2D eigenvalue weighted by molar-refractivity contribution is 9.10. The minimum Gasteiger partial charge on any atom is -0.329 e. The number of likely N-dealkylation sites (N-methyl/N-ethyl adjacent to an activating group) is 1. The van der Waals surface area contributed by atoms with Crippen LogP contribution in [0, 0.1) is 0 Å². The number of hydrogen-bond donors (Lipinski definition) is 1. The molecule has 1 aliphatic rings. The molecule has 2 rings (SSSR count). The fourth-order valence-electron chi connectivity index (χ4n) is 2.90. The molecule has 5 heteroatoms. The molecule has 0 bridgehead atoms. The van der Waals surface area contributed by atoms with Crippen LogP contribution in [-0.4, -0.2) is 49.1 Å². The minimum atomic E-state index is 0.340. The molecule has 3 nitrogen and oxygen atoms in total. The van der Waals surface area contributed by atoms with E-state index in [1.165, 1.54) is 41.8 Å². The van der Waals surface area contributed by atoms with Crippen LogP contribution in [0.3, 0.4) is 0 Å². The van der Waals surface area contributed by atoms with Crippen molar-refractivity contribution in [2.75, 3.05) is 33.2 Å². The normalized spacial score (nSPS) is 20.1. The summed E-state index contributed by atoms with van der Waals surface area (Å²) in [6, 6.07) is 3.12. The van der Waals surface area contributed by atoms with Gasteiger partial charge in [-0.3, -0.25) is 4.90 Å². The van der Waals surface area contributed by atoms with E-state index in [0.29, 0.717) is 18.6 Å². The van der Waals surface area contributed by atoms with Crippen molar-refractivity contribution in [3.63, 3.8) is 0 Å². The van der Waals surface area contributed by atoms with Crippen molar-refractivity contribution in [1.29, 1.82) is 0 Å². The second-order valence-corrected chi connectivity index (χ2v) is 7.02. The SMILES string of the molecule is CCN1CCC(N(C)C(CN)c2sccc2Br)CC1. The van der Waals surface area contributed by atoms with Crippen LogP contribution < -0.4 is 5.73 Å². The van der Waals surface area contributed by atoms with Gasteiger partial charge < -0.3 is 10.6 Å². The maximum atomic E-state index is 6.03.